The van der Waals surface area contributed by atoms with E-state index < -0.39 is 5.97 Å². The highest BCUT2D eigenvalue weighted by molar-refractivity contribution is 7.07. The molecule has 1 amide bonds. The summed E-state index contributed by atoms with van der Waals surface area (Å²) < 4.78 is 1.46. The first-order valence-corrected chi connectivity index (χ1v) is 7.00. The molecule has 1 N–H and O–H groups in total. The van der Waals surface area contributed by atoms with Crippen molar-refractivity contribution in [3.8, 4) is 0 Å². The van der Waals surface area contributed by atoms with Gasteiger partial charge in [-0.05, 0) is 19.3 Å². The Hall–Kier alpha value is -1.63. The number of likely N-dealkylation sites (tertiary alicyclic amines) is 1. The van der Waals surface area contributed by atoms with Gasteiger partial charge < -0.3 is 10.0 Å². The average Bonchev–Trinajstić information content (AvgIpc) is 2.90. The van der Waals surface area contributed by atoms with Gasteiger partial charge in [0.05, 0.1) is 0 Å². The van der Waals surface area contributed by atoms with E-state index in [1.165, 1.54) is 4.57 Å². The number of carbonyl (C=O) groups excluding carboxylic acids is 1. The third-order valence-corrected chi connectivity index (χ3v) is 4.25. The lowest BCUT2D eigenvalue weighted by molar-refractivity contribution is -0.138. The SMILES string of the molecule is Cc1csc(=O)n1CC(=O)N1CCC(CC(=O)O)C1. The topological polar surface area (TPSA) is 79.6 Å². The summed E-state index contributed by atoms with van der Waals surface area (Å²) in [6.07, 6.45) is 0.816. The maximum Gasteiger partial charge on any atom is 0.307 e. The Morgan fingerprint density at radius 3 is 2.84 bits per heavy atom. The monoisotopic (exact) mass is 284 g/mol. The van der Waals surface area contributed by atoms with Gasteiger partial charge in [0.25, 0.3) is 0 Å². The molecule has 0 aromatic carbocycles. The second kappa shape index (κ2) is 5.56. The lowest BCUT2D eigenvalue weighted by atomic mass is 10.1. The maximum absolute atomic E-state index is 12.1. The van der Waals surface area contributed by atoms with E-state index in [-0.39, 0.29) is 29.7 Å². The van der Waals surface area contributed by atoms with Crippen molar-refractivity contribution in [2.24, 2.45) is 5.92 Å². The Bertz CT molecular complexity index is 548. The number of nitrogens with zero attached hydrogens (tertiary/aromatic N) is 2. The molecular weight excluding hydrogens is 268 g/mol. The van der Waals surface area contributed by atoms with Gasteiger partial charge in [0.15, 0.2) is 0 Å². The van der Waals surface area contributed by atoms with Crippen LogP contribution in [-0.4, -0.2) is 39.5 Å². The van der Waals surface area contributed by atoms with Crippen molar-refractivity contribution in [2.75, 3.05) is 13.1 Å². The Morgan fingerprint density at radius 1 is 1.53 bits per heavy atom. The van der Waals surface area contributed by atoms with Crippen LogP contribution in [0.5, 0.6) is 0 Å². The molecule has 1 saturated heterocycles. The van der Waals surface area contributed by atoms with Crippen LogP contribution >= 0.6 is 11.3 Å². The third-order valence-electron chi connectivity index (χ3n) is 3.37. The number of carboxylic acids is 1. The highest BCUT2D eigenvalue weighted by Crippen LogP contribution is 2.19. The van der Waals surface area contributed by atoms with Gasteiger partial charge in [-0.2, -0.15) is 0 Å². The van der Waals surface area contributed by atoms with Crippen molar-refractivity contribution in [3.63, 3.8) is 0 Å². The number of amides is 1. The van der Waals surface area contributed by atoms with Crippen LogP contribution in [0.2, 0.25) is 0 Å². The highest BCUT2D eigenvalue weighted by Gasteiger charge is 2.28. The average molecular weight is 284 g/mol. The summed E-state index contributed by atoms with van der Waals surface area (Å²) in [5.74, 6) is -0.914. The minimum absolute atomic E-state index is 0.0294. The molecule has 1 atom stereocenters. The van der Waals surface area contributed by atoms with E-state index in [1.807, 2.05) is 0 Å². The van der Waals surface area contributed by atoms with E-state index in [2.05, 4.69) is 0 Å². The molecule has 2 rings (SSSR count). The van der Waals surface area contributed by atoms with Crippen molar-refractivity contribution in [1.82, 2.24) is 9.47 Å². The molecule has 1 aliphatic rings. The number of aryl methyl sites for hydroxylation is 1. The van der Waals surface area contributed by atoms with Gasteiger partial charge in [0.1, 0.15) is 6.54 Å². The Labute approximate surface area is 114 Å². The molecule has 6 nitrogen and oxygen atoms in total. The molecule has 2 heterocycles. The molecule has 1 aliphatic heterocycles. The lowest BCUT2D eigenvalue weighted by Crippen LogP contribution is -2.34. The zero-order valence-electron chi connectivity index (χ0n) is 10.7. The zero-order valence-corrected chi connectivity index (χ0v) is 11.5. The Balaban J connectivity index is 1.95. The summed E-state index contributed by atoms with van der Waals surface area (Å²) in [7, 11) is 0. The van der Waals surface area contributed by atoms with Gasteiger partial charge in [-0.1, -0.05) is 11.3 Å². The fourth-order valence-electron chi connectivity index (χ4n) is 2.30. The van der Waals surface area contributed by atoms with Crippen LogP contribution in [0.1, 0.15) is 18.5 Å². The van der Waals surface area contributed by atoms with Gasteiger partial charge in [-0.25, -0.2) is 0 Å². The number of aromatic nitrogens is 1. The molecule has 1 aromatic heterocycles. The van der Waals surface area contributed by atoms with E-state index >= 15 is 0 Å². The van der Waals surface area contributed by atoms with Crippen molar-refractivity contribution >= 4 is 23.2 Å². The fourth-order valence-corrected chi connectivity index (χ4v) is 3.04. The number of hydrogen-bond acceptors (Lipinski definition) is 4. The van der Waals surface area contributed by atoms with E-state index in [1.54, 1.807) is 17.2 Å². The van der Waals surface area contributed by atoms with Gasteiger partial charge in [-0.3, -0.25) is 19.0 Å². The number of hydrogen-bond donors (Lipinski definition) is 1. The molecule has 1 fully saturated rings. The Morgan fingerprint density at radius 2 is 2.26 bits per heavy atom. The first-order chi connectivity index (χ1) is 8.97. The van der Waals surface area contributed by atoms with Crippen LogP contribution in [0, 0.1) is 12.8 Å². The molecule has 0 saturated carbocycles. The van der Waals surface area contributed by atoms with Gasteiger partial charge in [0.2, 0.25) is 5.91 Å². The first-order valence-electron chi connectivity index (χ1n) is 6.12. The number of thiazole rings is 1. The van der Waals surface area contributed by atoms with Crippen LogP contribution in [-0.2, 0) is 16.1 Å². The summed E-state index contributed by atoms with van der Waals surface area (Å²) in [6.45, 7) is 2.90. The van der Waals surface area contributed by atoms with E-state index in [4.69, 9.17) is 5.11 Å². The highest BCUT2D eigenvalue weighted by atomic mass is 32.1. The normalized spacial score (nSPS) is 18.8. The van der Waals surface area contributed by atoms with E-state index in [0.717, 1.165) is 23.5 Å². The van der Waals surface area contributed by atoms with E-state index in [0.29, 0.717) is 13.1 Å². The van der Waals surface area contributed by atoms with Gasteiger partial charge in [-0.15, -0.1) is 0 Å². The number of aliphatic carboxylic acids is 1. The summed E-state index contributed by atoms with van der Waals surface area (Å²) in [5, 5.41) is 10.5. The fraction of sp³-hybridized carbons (Fsp3) is 0.583. The number of rotatable bonds is 4. The summed E-state index contributed by atoms with van der Waals surface area (Å²) in [6, 6.07) is 0. The zero-order chi connectivity index (χ0) is 14.0. The van der Waals surface area contributed by atoms with Crippen LogP contribution in [0.25, 0.3) is 0 Å². The summed E-state index contributed by atoms with van der Waals surface area (Å²) >= 11 is 1.08. The predicted molar refractivity (Wildman–Crippen MR) is 70.3 cm³/mol. The smallest absolute Gasteiger partial charge is 0.307 e. The second-order valence-corrected chi connectivity index (χ2v) is 5.64. The molecule has 1 aromatic rings. The number of carbonyl (C=O) groups is 2. The summed E-state index contributed by atoms with van der Waals surface area (Å²) in [4.78, 5) is 35.8. The number of carboxylic acid groups (broad SMARTS) is 1. The van der Waals surface area contributed by atoms with Crippen molar-refractivity contribution in [3.05, 3.63) is 20.7 Å². The molecular formula is C12H16N2O4S. The van der Waals surface area contributed by atoms with Crippen LogP contribution in [0.3, 0.4) is 0 Å². The van der Waals surface area contributed by atoms with E-state index in [9.17, 15) is 14.4 Å². The van der Waals surface area contributed by atoms with Crippen LogP contribution in [0.4, 0.5) is 0 Å². The maximum atomic E-state index is 12.1. The van der Waals surface area contributed by atoms with Gasteiger partial charge in [0, 0.05) is 30.6 Å². The Kier molecular flexibility index (Phi) is 4.04. The predicted octanol–water partition coefficient (Wildman–Crippen LogP) is 0.541. The quantitative estimate of drug-likeness (QED) is 0.875. The molecule has 19 heavy (non-hydrogen) atoms. The van der Waals surface area contributed by atoms with Gasteiger partial charge >= 0.3 is 10.8 Å². The lowest BCUT2D eigenvalue weighted by Gasteiger charge is -2.16. The second-order valence-electron chi connectivity index (χ2n) is 4.82. The van der Waals surface area contributed by atoms with Crippen LogP contribution < -0.4 is 4.87 Å². The standard InChI is InChI=1S/C12H16N2O4S/c1-8-7-19-12(18)14(8)6-10(15)13-3-2-9(5-13)4-11(16)17/h7,9H,2-6H2,1H3,(H,16,17). The molecule has 1 unspecified atom stereocenters. The minimum atomic E-state index is -0.829. The van der Waals surface area contributed by atoms with Crippen molar-refractivity contribution < 1.29 is 14.7 Å². The third kappa shape index (κ3) is 3.23. The molecule has 104 valence electrons. The first kappa shape index (κ1) is 13.8. The molecule has 0 radical (unpaired) electrons. The summed E-state index contributed by atoms with van der Waals surface area (Å²) in [5.41, 5.74) is 0.782. The van der Waals surface area contributed by atoms with Crippen molar-refractivity contribution in [2.45, 2.75) is 26.3 Å². The molecule has 0 bridgehead atoms. The van der Waals surface area contributed by atoms with Crippen molar-refractivity contribution in [1.29, 1.82) is 0 Å². The molecule has 0 spiro atoms. The minimum Gasteiger partial charge on any atom is -0.481 e. The largest absolute Gasteiger partial charge is 0.481 e. The molecule has 7 heteroatoms. The van der Waals surface area contributed by atoms with Crippen LogP contribution in [0.15, 0.2) is 10.2 Å². The molecule has 0 aliphatic carbocycles.